The molecule has 0 amide bonds. The lowest BCUT2D eigenvalue weighted by molar-refractivity contribution is -0.137. The second-order valence-electron chi connectivity index (χ2n) is 6.43. The molecule has 25 heavy (non-hydrogen) atoms. The number of nitrogens with zero attached hydrogens (tertiary/aromatic N) is 1. The van der Waals surface area contributed by atoms with Gasteiger partial charge in [-0.2, -0.15) is 13.2 Å². The first-order valence-corrected chi connectivity index (χ1v) is 8.48. The molecule has 3 nitrogen and oxygen atoms in total. The molecule has 6 heteroatoms. The zero-order valence-electron chi connectivity index (χ0n) is 13.8. The summed E-state index contributed by atoms with van der Waals surface area (Å²) in [5.74, 6) is 0. The van der Waals surface area contributed by atoms with E-state index in [0.717, 1.165) is 43.5 Å². The number of aliphatic hydroxyl groups excluding tert-OH is 1. The maximum atomic E-state index is 12.7. The van der Waals surface area contributed by atoms with Gasteiger partial charge >= 0.3 is 6.18 Å². The molecule has 1 saturated carbocycles. The van der Waals surface area contributed by atoms with E-state index in [0.29, 0.717) is 17.8 Å². The molecule has 1 fully saturated rings. The molecular formula is C19H21F3N2O. The lowest BCUT2D eigenvalue weighted by Crippen LogP contribution is -2.41. The van der Waals surface area contributed by atoms with Crippen LogP contribution in [0.5, 0.6) is 0 Å². The molecule has 0 spiro atoms. The van der Waals surface area contributed by atoms with Crippen LogP contribution in [0.25, 0.3) is 11.3 Å². The third-order valence-corrected chi connectivity index (χ3v) is 4.59. The van der Waals surface area contributed by atoms with Crippen molar-refractivity contribution in [2.45, 2.75) is 50.6 Å². The number of rotatable bonds is 4. The van der Waals surface area contributed by atoms with E-state index in [1.54, 1.807) is 6.07 Å². The van der Waals surface area contributed by atoms with Crippen LogP contribution in [0.2, 0.25) is 0 Å². The van der Waals surface area contributed by atoms with Gasteiger partial charge in [0.05, 0.1) is 23.1 Å². The van der Waals surface area contributed by atoms with Crippen molar-refractivity contribution in [3.8, 4) is 11.3 Å². The monoisotopic (exact) mass is 350 g/mol. The van der Waals surface area contributed by atoms with Crippen molar-refractivity contribution >= 4 is 0 Å². The molecule has 2 atom stereocenters. The van der Waals surface area contributed by atoms with Crippen LogP contribution < -0.4 is 5.32 Å². The smallest absolute Gasteiger partial charge is 0.392 e. The van der Waals surface area contributed by atoms with Crippen molar-refractivity contribution < 1.29 is 18.3 Å². The zero-order valence-corrected chi connectivity index (χ0v) is 13.8. The second-order valence-corrected chi connectivity index (χ2v) is 6.43. The predicted octanol–water partition coefficient (Wildman–Crippen LogP) is 4.16. The Balaban J connectivity index is 1.68. The summed E-state index contributed by atoms with van der Waals surface area (Å²) in [5, 5.41) is 13.3. The average molecular weight is 350 g/mol. The van der Waals surface area contributed by atoms with Crippen LogP contribution in [0.3, 0.4) is 0 Å². The first-order chi connectivity index (χ1) is 11.9. The highest BCUT2D eigenvalue weighted by Gasteiger charge is 2.30. The molecule has 1 aliphatic carbocycles. The lowest BCUT2D eigenvalue weighted by atomic mass is 9.92. The SMILES string of the molecule is OC1CCCCC1NCc1cccc(-c2ccc(C(F)(F)F)cc2)n1. The standard InChI is InChI=1S/C19H21F3N2O/c20-19(21,22)14-10-8-13(9-11-14)16-6-3-4-15(24-16)12-23-17-5-1-2-7-18(17)25/h3-4,6,8-11,17-18,23,25H,1-2,5,7,12H2. The van der Waals surface area contributed by atoms with Crippen LogP contribution in [0.15, 0.2) is 42.5 Å². The molecule has 0 aliphatic heterocycles. The number of halogens is 3. The number of aromatic nitrogens is 1. The number of hydrogen-bond acceptors (Lipinski definition) is 3. The van der Waals surface area contributed by atoms with E-state index in [4.69, 9.17) is 0 Å². The quantitative estimate of drug-likeness (QED) is 0.870. The number of hydrogen-bond donors (Lipinski definition) is 2. The van der Waals surface area contributed by atoms with Crippen LogP contribution in [-0.4, -0.2) is 22.2 Å². The molecule has 3 rings (SSSR count). The van der Waals surface area contributed by atoms with E-state index in [1.165, 1.54) is 12.1 Å². The van der Waals surface area contributed by atoms with Crippen LogP contribution in [0, 0.1) is 0 Å². The molecule has 134 valence electrons. The summed E-state index contributed by atoms with van der Waals surface area (Å²) < 4.78 is 38.0. The van der Waals surface area contributed by atoms with Gasteiger partial charge in [0.1, 0.15) is 0 Å². The highest BCUT2D eigenvalue weighted by atomic mass is 19.4. The average Bonchev–Trinajstić information content (AvgIpc) is 2.61. The van der Waals surface area contributed by atoms with Crippen LogP contribution >= 0.6 is 0 Å². The van der Waals surface area contributed by atoms with Gasteiger partial charge < -0.3 is 10.4 Å². The number of benzene rings is 1. The normalized spacial score (nSPS) is 21.3. The summed E-state index contributed by atoms with van der Waals surface area (Å²) in [7, 11) is 0. The Bertz CT molecular complexity index is 701. The van der Waals surface area contributed by atoms with Crippen molar-refractivity contribution in [3.63, 3.8) is 0 Å². The minimum atomic E-state index is -4.33. The second kappa shape index (κ2) is 7.54. The number of pyridine rings is 1. The van der Waals surface area contributed by atoms with Crippen molar-refractivity contribution in [2.24, 2.45) is 0 Å². The zero-order chi connectivity index (χ0) is 17.9. The summed E-state index contributed by atoms with van der Waals surface area (Å²) in [6, 6.07) is 10.6. The van der Waals surface area contributed by atoms with E-state index >= 15 is 0 Å². The van der Waals surface area contributed by atoms with Gasteiger partial charge in [0.25, 0.3) is 0 Å². The minimum absolute atomic E-state index is 0.0743. The van der Waals surface area contributed by atoms with E-state index in [2.05, 4.69) is 10.3 Å². The first-order valence-electron chi connectivity index (χ1n) is 8.48. The molecular weight excluding hydrogens is 329 g/mol. The molecule has 0 saturated heterocycles. The highest BCUT2D eigenvalue weighted by Crippen LogP contribution is 2.30. The summed E-state index contributed by atoms with van der Waals surface area (Å²) in [6.45, 7) is 0.524. The largest absolute Gasteiger partial charge is 0.416 e. The molecule has 1 aromatic heterocycles. The summed E-state index contributed by atoms with van der Waals surface area (Å²) in [5.41, 5.74) is 1.42. The van der Waals surface area contributed by atoms with Gasteiger partial charge in [0, 0.05) is 18.2 Å². The number of alkyl halides is 3. The highest BCUT2D eigenvalue weighted by molar-refractivity contribution is 5.59. The van der Waals surface area contributed by atoms with Gasteiger partial charge in [-0.15, -0.1) is 0 Å². The van der Waals surface area contributed by atoms with Crippen molar-refractivity contribution in [1.82, 2.24) is 10.3 Å². The maximum Gasteiger partial charge on any atom is 0.416 e. The fraction of sp³-hybridized carbons (Fsp3) is 0.421. The Labute approximate surface area is 144 Å². The third kappa shape index (κ3) is 4.58. The van der Waals surface area contributed by atoms with E-state index in [-0.39, 0.29) is 12.1 Å². The number of nitrogens with one attached hydrogen (secondary N) is 1. The minimum Gasteiger partial charge on any atom is -0.392 e. The van der Waals surface area contributed by atoms with Crippen molar-refractivity contribution in [1.29, 1.82) is 0 Å². The van der Waals surface area contributed by atoms with Crippen LogP contribution in [0.4, 0.5) is 13.2 Å². The maximum absolute atomic E-state index is 12.7. The molecule has 1 aliphatic rings. The Kier molecular flexibility index (Phi) is 5.39. The van der Waals surface area contributed by atoms with Crippen molar-refractivity contribution in [2.75, 3.05) is 0 Å². The van der Waals surface area contributed by atoms with Crippen LogP contribution in [-0.2, 0) is 12.7 Å². The van der Waals surface area contributed by atoms with Gasteiger partial charge in [0.15, 0.2) is 0 Å². The Morgan fingerprint density at radius 3 is 2.44 bits per heavy atom. The number of aliphatic hydroxyl groups is 1. The molecule has 2 aromatic rings. The first kappa shape index (κ1) is 17.9. The van der Waals surface area contributed by atoms with Gasteiger partial charge in [0.2, 0.25) is 0 Å². The van der Waals surface area contributed by atoms with Gasteiger partial charge in [-0.1, -0.05) is 31.0 Å². The lowest BCUT2D eigenvalue weighted by Gasteiger charge is -2.28. The Morgan fingerprint density at radius 1 is 1.04 bits per heavy atom. The Morgan fingerprint density at radius 2 is 1.76 bits per heavy atom. The van der Waals surface area contributed by atoms with E-state index in [1.807, 2.05) is 12.1 Å². The molecule has 2 N–H and O–H groups in total. The Hall–Kier alpha value is -1.92. The van der Waals surface area contributed by atoms with E-state index < -0.39 is 11.7 Å². The molecule has 0 bridgehead atoms. The van der Waals surface area contributed by atoms with Crippen molar-refractivity contribution in [3.05, 3.63) is 53.7 Å². The van der Waals surface area contributed by atoms with E-state index in [9.17, 15) is 18.3 Å². The fourth-order valence-electron chi connectivity index (χ4n) is 3.15. The molecule has 1 heterocycles. The van der Waals surface area contributed by atoms with Crippen LogP contribution in [0.1, 0.15) is 36.9 Å². The molecule has 1 aromatic carbocycles. The molecule has 2 unspecified atom stereocenters. The molecule has 0 radical (unpaired) electrons. The summed E-state index contributed by atoms with van der Waals surface area (Å²) >= 11 is 0. The van der Waals surface area contributed by atoms with Gasteiger partial charge in [-0.3, -0.25) is 4.98 Å². The topological polar surface area (TPSA) is 45.1 Å². The fourth-order valence-corrected chi connectivity index (χ4v) is 3.15. The van der Waals surface area contributed by atoms with Gasteiger partial charge in [-0.05, 0) is 37.1 Å². The summed E-state index contributed by atoms with van der Waals surface area (Å²) in [4.78, 5) is 4.52. The summed E-state index contributed by atoms with van der Waals surface area (Å²) in [6.07, 6.45) is -0.740. The third-order valence-electron chi connectivity index (χ3n) is 4.59. The predicted molar refractivity (Wildman–Crippen MR) is 89.8 cm³/mol. The van der Waals surface area contributed by atoms with Gasteiger partial charge in [-0.25, -0.2) is 0 Å².